The van der Waals surface area contributed by atoms with Crippen molar-refractivity contribution in [1.29, 1.82) is 0 Å². The van der Waals surface area contributed by atoms with Crippen molar-refractivity contribution in [1.82, 2.24) is 0 Å². The van der Waals surface area contributed by atoms with Crippen LogP contribution in [0, 0.1) is 166 Å². The first-order valence-electron chi connectivity index (χ1n) is 34.5. The zero-order valence-electron chi connectivity index (χ0n) is 62.8. The van der Waals surface area contributed by atoms with Gasteiger partial charge in [-0.2, -0.15) is 0 Å². The molecule has 0 bridgehead atoms. The maximum absolute atomic E-state index is 4.76. The normalized spacial score (nSPS) is 11.5. The van der Waals surface area contributed by atoms with Gasteiger partial charge in [-0.3, -0.25) is 0 Å². The summed E-state index contributed by atoms with van der Waals surface area (Å²) in [6.45, 7) is 54.7. The van der Waals surface area contributed by atoms with Crippen molar-refractivity contribution in [2.24, 2.45) is 0 Å². The highest BCUT2D eigenvalue weighted by atomic mass is 35.5. The van der Waals surface area contributed by atoms with Gasteiger partial charge in [-0.25, -0.2) is 0 Å². The van der Waals surface area contributed by atoms with Gasteiger partial charge in [-0.1, -0.05) is 299 Å². The topological polar surface area (TPSA) is 0 Å². The van der Waals surface area contributed by atoms with Gasteiger partial charge in [0.1, 0.15) is 0 Å². The Morgan fingerprint density at radius 2 is 0.320 bits per heavy atom. The maximum Gasteiger partial charge on any atom is 0.235 e. The van der Waals surface area contributed by atoms with Crippen LogP contribution >= 0.6 is 45.9 Å². The van der Waals surface area contributed by atoms with Crippen LogP contribution in [0.25, 0.3) is 24.3 Å². The highest BCUT2D eigenvalue weighted by Gasteiger charge is 2.29. The average Bonchev–Trinajstić information content (AvgIpc) is 0.871. The van der Waals surface area contributed by atoms with Crippen LogP contribution in [0.4, 0.5) is 0 Å². The first kappa shape index (κ1) is 75.7. The number of benzene rings is 8. The van der Waals surface area contributed by atoms with Crippen molar-refractivity contribution < 1.29 is 0 Å². The van der Waals surface area contributed by atoms with Crippen molar-refractivity contribution in [2.45, 2.75) is 166 Å². The van der Waals surface area contributed by atoms with Crippen LogP contribution in [0.3, 0.4) is 0 Å². The third-order valence-corrected chi connectivity index (χ3v) is 21.5. The molecule has 97 heavy (non-hydrogen) atoms. The maximum atomic E-state index is 4.76. The van der Waals surface area contributed by atoms with Gasteiger partial charge < -0.3 is 0 Å². The van der Waals surface area contributed by atoms with E-state index in [0.717, 1.165) is 0 Å². The molecule has 2 aromatic heterocycles. The van der Waals surface area contributed by atoms with Crippen LogP contribution in [0.5, 0.6) is 0 Å². The molecule has 0 fully saturated rings. The summed E-state index contributed by atoms with van der Waals surface area (Å²) in [5.41, 5.74) is 43.8. The van der Waals surface area contributed by atoms with E-state index in [0.29, 0.717) is 0 Å². The van der Waals surface area contributed by atoms with Gasteiger partial charge in [0.25, 0.3) is 0 Å². The molecule has 496 valence electrons. The number of thiophene rings is 2. The molecule has 8 aromatic carbocycles. The molecule has 8 heteroatoms. The van der Waals surface area contributed by atoms with Crippen LogP contribution in [0.15, 0.2) is 145 Å². The fraction of sp³-hybridized carbons (Fsp3) is 0.281. The lowest BCUT2D eigenvalue weighted by Crippen LogP contribution is -2.46. The molecule has 0 radical (unpaired) electrons. The molecule has 0 amide bonds. The number of hydrogen-bond donors (Lipinski definition) is 0. The largest absolute Gasteiger partial charge is 0.235 e. The van der Waals surface area contributed by atoms with Gasteiger partial charge in [-0.05, 0) is 190 Å². The molecule has 0 spiro atoms. The Bertz CT molecular complexity index is 3660. The summed E-state index contributed by atoms with van der Waals surface area (Å²) in [6, 6.07) is 46.5. The summed E-state index contributed by atoms with van der Waals surface area (Å²) in [4.78, 5) is 5.12. The molecule has 0 aliphatic rings. The highest BCUT2D eigenvalue weighted by Crippen LogP contribution is 2.25. The molecule has 0 nitrogen and oxygen atoms in total. The number of aryl methyl sites for hydroxylation is 24. The van der Waals surface area contributed by atoms with Crippen LogP contribution < -0.4 is 43.7 Å². The Balaban J connectivity index is 0.000000238. The van der Waals surface area contributed by atoms with Gasteiger partial charge in [0.15, 0.2) is 0 Å². The number of halogens is 2. The second-order valence-corrected chi connectivity index (χ2v) is 31.5. The molecular weight excluding hydrogens is 1250 g/mol. The van der Waals surface area contributed by atoms with E-state index in [1.807, 2.05) is 22.7 Å². The molecule has 0 aliphatic heterocycles. The van der Waals surface area contributed by atoms with Crippen molar-refractivity contribution in [3.05, 3.63) is 298 Å². The molecule has 0 atom stereocenters. The fourth-order valence-corrected chi connectivity index (χ4v) is 18.3. The number of hydrogen-bond acceptors (Lipinski definition) is 2. The molecule has 0 unspecified atom stereocenters. The first-order chi connectivity index (χ1) is 45.9. The second kappa shape index (κ2) is 33.2. The Labute approximate surface area is 605 Å². The van der Waals surface area contributed by atoms with Crippen molar-refractivity contribution in [3.63, 3.8) is 0 Å². The predicted molar refractivity (Wildman–Crippen MR) is 447 cm³/mol. The Morgan fingerprint density at radius 1 is 0.216 bits per heavy atom. The molecule has 10 aromatic rings. The van der Waals surface area contributed by atoms with Crippen LogP contribution in [0.1, 0.15) is 153 Å². The van der Waals surface area contributed by atoms with E-state index in [4.69, 9.17) is 23.2 Å². The lowest BCUT2D eigenvalue weighted by Gasteiger charge is -2.22. The summed E-state index contributed by atoms with van der Waals surface area (Å²) in [5.74, 6) is 9.76. The van der Waals surface area contributed by atoms with E-state index < -0.39 is 0 Å². The minimum absolute atomic E-state index is 0.194. The molecule has 10 rings (SSSR count). The van der Waals surface area contributed by atoms with E-state index in [1.165, 1.54) is 197 Å². The Morgan fingerprint density at radius 3 is 0.423 bits per heavy atom. The molecule has 0 N–H and O–H groups in total. The third kappa shape index (κ3) is 18.4. The van der Waals surface area contributed by atoms with Gasteiger partial charge in [0.05, 0.1) is 5.34 Å². The van der Waals surface area contributed by atoms with Crippen molar-refractivity contribution in [3.8, 4) is 0 Å². The second-order valence-electron chi connectivity index (χ2n) is 28.4. The molecule has 0 aliphatic carbocycles. The summed E-state index contributed by atoms with van der Waals surface area (Å²) >= 11 is 13.3. The average molecular weight is 1350 g/mol. The van der Waals surface area contributed by atoms with E-state index >= 15 is 0 Å². The van der Waals surface area contributed by atoms with E-state index in [9.17, 15) is 0 Å². The fourth-order valence-electron chi connectivity index (χ4n) is 16.7. The molecule has 0 saturated carbocycles. The van der Waals surface area contributed by atoms with E-state index in [2.05, 4.69) is 336 Å². The summed E-state index contributed by atoms with van der Waals surface area (Å²) in [7, 11) is 0. The molecular formula is C89H102B4Cl2S2. The van der Waals surface area contributed by atoms with Crippen molar-refractivity contribution in [2.75, 3.05) is 5.34 Å². The SMILES string of the molecule is Cc1cc(C)c(B(/C=C/c2ccc(/C=C/B(c3c(C)cc(C)cc3C)c3c(C)cc(C)cc3C)s2)c2c(C)cc(C)cc2C)c(C)c1.Cc1cc(C)c(B(/C=C/c2ccc(/C=C/B(c3c(C)cc(C)cc3C)c3c(C)cc(C)cc3C)s2)c2c(C)cc(C)cc2C)c(C)c1.ClCCl. The first-order valence-corrected chi connectivity index (χ1v) is 37.2. The smallest absolute Gasteiger partial charge is 0.137 e. The molecule has 2 heterocycles. The number of alkyl halides is 2. The lowest BCUT2D eigenvalue weighted by atomic mass is 9.37. The summed E-state index contributed by atoms with van der Waals surface area (Å²) in [5, 5.41) is 0.194. The van der Waals surface area contributed by atoms with E-state index in [-0.39, 0.29) is 32.2 Å². The Hall–Kier alpha value is -7.04. The van der Waals surface area contributed by atoms with E-state index in [1.54, 1.807) is 0 Å². The minimum Gasteiger partial charge on any atom is -0.137 e. The van der Waals surface area contributed by atoms with Gasteiger partial charge in [-0.15, -0.1) is 69.8 Å². The minimum atomic E-state index is 0.194. The lowest BCUT2D eigenvalue weighted by molar-refractivity contribution is 1.34. The highest BCUT2D eigenvalue weighted by molar-refractivity contribution is 7.14. The van der Waals surface area contributed by atoms with Crippen LogP contribution in [-0.2, 0) is 0 Å². The molecule has 0 saturated heterocycles. The van der Waals surface area contributed by atoms with Gasteiger partial charge >= 0.3 is 0 Å². The predicted octanol–water partition coefficient (Wildman–Crippen LogP) is 19.8. The zero-order valence-corrected chi connectivity index (χ0v) is 65.9. The third-order valence-electron chi connectivity index (χ3n) is 19.5. The van der Waals surface area contributed by atoms with Crippen LogP contribution in [0.2, 0.25) is 0 Å². The summed E-state index contributed by atoms with van der Waals surface area (Å²) < 4.78 is 0. The quantitative estimate of drug-likeness (QED) is 0.0668. The number of rotatable bonds is 16. The standard InChI is InChI=1S/2C44H50B2S.CH2Cl2/c2*1-27-19-31(5)41(32(6)20-27)45(42-33(7)21-28(2)22-34(42)8)17-15-39-13-14-40(47-39)16-18-46(43-35(9)23-29(3)24-36(43)10)44-37(11)25-30(4)26-38(44)12;2-1-3/h2*13-26H,1-12H3;1H2/b2*17-15+,18-16+;. The van der Waals surface area contributed by atoms with Crippen molar-refractivity contribution >= 4 is 141 Å². The Kier molecular flexibility index (Phi) is 25.9. The van der Waals surface area contributed by atoms with Gasteiger partial charge in [0, 0.05) is 19.5 Å². The van der Waals surface area contributed by atoms with Gasteiger partial charge in [0.2, 0.25) is 26.9 Å². The monoisotopic (exact) mass is 1350 g/mol. The summed E-state index contributed by atoms with van der Waals surface area (Å²) in [6.07, 6.45) is 9.41. The van der Waals surface area contributed by atoms with Crippen LogP contribution in [-0.4, -0.2) is 32.2 Å². The zero-order chi connectivity index (χ0) is 71.0.